The highest BCUT2D eigenvalue weighted by molar-refractivity contribution is 6.11. The molecule has 11 nitrogen and oxygen atoms in total. The lowest BCUT2D eigenvalue weighted by molar-refractivity contribution is -0.146. The van der Waals surface area contributed by atoms with Gasteiger partial charge in [0, 0.05) is 35.3 Å². The number of nitrogens with zero attached hydrogens (tertiary/aromatic N) is 3. The number of fused-ring (bicyclic) bond motifs is 1. The largest absolute Gasteiger partial charge is 0.511 e. The van der Waals surface area contributed by atoms with E-state index in [1.807, 2.05) is 18.2 Å². The molecule has 1 unspecified atom stereocenters. The number of hydrogen-bond acceptors (Lipinski definition) is 8. The van der Waals surface area contributed by atoms with Gasteiger partial charge in [-0.25, -0.2) is 24.5 Å². The number of aliphatic imine (C=N–C) groups is 1. The normalized spacial score (nSPS) is 12.0. The second-order valence-electron chi connectivity index (χ2n) is 8.60. The summed E-state index contributed by atoms with van der Waals surface area (Å²) < 4.78 is 9.73. The zero-order valence-corrected chi connectivity index (χ0v) is 21.6. The van der Waals surface area contributed by atoms with Crippen molar-refractivity contribution in [2.45, 2.75) is 25.8 Å². The van der Waals surface area contributed by atoms with Gasteiger partial charge >= 0.3 is 12.1 Å². The SMILES string of the molecule is CCOC(=O)C(N=C(N)c1ccc(CCc2ncc3ccc(OC(=O)O)cc3n2)cc1)C(=O)Nc1ccccc1. The molecule has 1 amide bonds. The van der Waals surface area contributed by atoms with Crippen molar-refractivity contribution in [1.82, 2.24) is 9.97 Å². The molecular weight excluding hydrogens is 514 g/mol. The third kappa shape index (κ3) is 7.38. The Bertz CT molecular complexity index is 1540. The van der Waals surface area contributed by atoms with E-state index in [-0.39, 0.29) is 18.2 Å². The second-order valence-corrected chi connectivity index (χ2v) is 8.60. The number of rotatable bonds is 10. The van der Waals surface area contributed by atoms with Crippen LogP contribution in [0.3, 0.4) is 0 Å². The van der Waals surface area contributed by atoms with Gasteiger partial charge in [-0.05, 0) is 43.2 Å². The van der Waals surface area contributed by atoms with E-state index >= 15 is 0 Å². The number of carboxylic acid groups (broad SMARTS) is 1. The first-order chi connectivity index (χ1) is 19.3. The van der Waals surface area contributed by atoms with Gasteiger partial charge in [0.15, 0.2) is 0 Å². The van der Waals surface area contributed by atoms with Crippen molar-refractivity contribution in [2.75, 3.05) is 11.9 Å². The Morgan fingerprint density at radius 3 is 2.48 bits per heavy atom. The topological polar surface area (TPSA) is 166 Å². The van der Waals surface area contributed by atoms with Crippen molar-refractivity contribution in [3.63, 3.8) is 0 Å². The van der Waals surface area contributed by atoms with Crippen molar-refractivity contribution >= 4 is 40.5 Å². The lowest BCUT2D eigenvalue weighted by Gasteiger charge is -2.13. The fourth-order valence-corrected chi connectivity index (χ4v) is 3.81. The molecule has 4 rings (SSSR count). The summed E-state index contributed by atoms with van der Waals surface area (Å²) in [5.74, 6) is -0.659. The first-order valence-corrected chi connectivity index (χ1v) is 12.4. The lowest BCUT2D eigenvalue weighted by atomic mass is 10.1. The highest BCUT2D eigenvalue weighted by Gasteiger charge is 2.28. The van der Waals surface area contributed by atoms with Crippen molar-refractivity contribution in [3.05, 3.63) is 95.9 Å². The molecule has 3 aromatic carbocycles. The van der Waals surface area contributed by atoms with E-state index < -0.39 is 24.1 Å². The summed E-state index contributed by atoms with van der Waals surface area (Å²) in [5.41, 5.74) is 8.78. The van der Waals surface area contributed by atoms with Crippen LogP contribution in [0.5, 0.6) is 5.75 Å². The summed E-state index contributed by atoms with van der Waals surface area (Å²) in [6.45, 7) is 1.74. The number of amides is 1. The van der Waals surface area contributed by atoms with E-state index in [9.17, 15) is 14.4 Å². The molecule has 1 heterocycles. The van der Waals surface area contributed by atoms with Crippen LogP contribution in [-0.4, -0.2) is 51.6 Å². The number of benzene rings is 3. The predicted molar refractivity (Wildman–Crippen MR) is 148 cm³/mol. The van der Waals surface area contributed by atoms with Gasteiger partial charge in [-0.3, -0.25) is 4.79 Å². The molecule has 0 aliphatic heterocycles. The number of amidine groups is 1. The number of esters is 1. The molecule has 0 aliphatic carbocycles. The van der Waals surface area contributed by atoms with Crippen molar-refractivity contribution in [1.29, 1.82) is 0 Å². The Labute approximate surface area is 229 Å². The van der Waals surface area contributed by atoms with Gasteiger partial charge < -0.3 is 25.6 Å². The molecule has 0 bridgehead atoms. The molecule has 4 N–H and O–H groups in total. The lowest BCUT2D eigenvalue weighted by Crippen LogP contribution is -2.37. The molecule has 1 atom stereocenters. The van der Waals surface area contributed by atoms with Crippen LogP contribution in [0.25, 0.3) is 10.9 Å². The minimum atomic E-state index is -1.47. The van der Waals surface area contributed by atoms with Gasteiger partial charge in [0.1, 0.15) is 17.4 Å². The number of ether oxygens (including phenoxy) is 2. The fourth-order valence-electron chi connectivity index (χ4n) is 3.81. The van der Waals surface area contributed by atoms with Crippen LogP contribution in [0.2, 0.25) is 0 Å². The average molecular weight is 542 g/mol. The van der Waals surface area contributed by atoms with Gasteiger partial charge in [-0.1, -0.05) is 42.5 Å². The maximum absolute atomic E-state index is 12.8. The number of hydrogen-bond donors (Lipinski definition) is 3. The molecular formula is C29H27N5O6. The van der Waals surface area contributed by atoms with Crippen molar-refractivity contribution < 1.29 is 29.0 Å². The minimum absolute atomic E-state index is 0.0186. The Hall–Kier alpha value is -5.32. The Balaban J connectivity index is 1.44. The summed E-state index contributed by atoms with van der Waals surface area (Å²) in [4.78, 5) is 49.1. The van der Waals surface area contributed by atoms with Gasteiger partial charge in [0.05, 0.1) is 12.1 Å². The van der Waals surface area contributed by atoms with Crippen LogP contribution in [0, 0.1) is 0 Å². The van der Waals surface area contributed by atoms with E-state index in [0.29, 0.717) is 35.4 Å². The summed E-state index contributed by atoms with van der Waals surface area (Å²) >= 11 is 0. The average Bonchev–Trinajstić information content (AvgIpc) is 2.95. The van der Waals surface area contributed by atoms with Crippen LogP contribution in [0.1, 0.15) is 23.9 Å². The van der Waals surface area contributed by atoms with Crippen LogP contribution >= 0.6 is 0 Å². The van der Waals surface area contributed by atoms with Crippen molar-refractivity contribution in [2.24, 2.45) is 10.7 Å². The van der Waals surface area contributed by atoms with Gasteiger partial charge in [-0.15, -0.1) is 0 Å². The summed E-state index contributed by atoms with van der Waals surface area (Å²) in [5, 5.41) is 12.2. The van der Waals surface area contributed by atoms with E-state index in [1.54, 1.807) is 67.7 Å². The summed E-state index contributed by atoms with van der Waals surface area (Å²) in [6.07, 6.45) is 1.44. The minimum Gasteiger partial charge on any atom is -0.464 e. The van der Waals surface area contributed by atoms with Gasteiger partial charge in [-0.2, -0.15) is 0 Å². The van der Waals surface area contributed by atoms with E-state index in [2.05, 4.69) is 20.3 Å². The smallest absolute Gasteiger partial charge is 0.464 e. The molecule has 11 heteroatoms. The maximum atomic E-state index is 12.8. The molecule has 0 fully saturated rings. The quantitative estimate of drug-likeness (QED) is 0.0891. The standard InChI is InChI=1S/C29H27N5O6/c1-2-39-28(36)25(27(35)32-21-6-4-3-5-7-21)34-26(30)19-11-8-18(9-12-19)10-15-24-31-17-20-13-14-22(40-29(37)38)16-23(20)33-24/h3-9,11-14,16-17,25H,2,10,15H2,1H3,(H2,30,34)(H,32,35)(H,37,38). The highest BCUT2D eigenvalue weighted by atomic mass is 16.7. The highest BCUT2D eigenvalue weighted by Crippen LogP contribution is 2.19. The Morgan fingerprint density at radius 1 is 1.02 bits per heavy atom. The fraction of sp³-hybridized carbons (Fsp3) is 0.172. The number of nitrogens with two attached hydrogens (primary N) is 1. The van der Waals surface area contributed by atoms with Gasteiger partial charge in [0.2, 0.25) is 6.04 Å². The van der Waals surface area contributed by atoms with E-state index in [4.69, 9.17) is 20.3 Å². The van der Waals surface area contributed by atoms with Crippen LogP contribution in [0.4, 0.5) is 10.5 Å². The first-order valence-electron chi connectivity index (χ1n) is 12.4. The zero-order chi connectivity index (χ0) is 28.5. The number of aryl methyl sites for hydroxylation is 2. The third-order valence-corrected chi connectivity index (χ3v) is 5.76. The number of para-hydroxylation sites is 1. The van der Waals surface area contributed by atoms with E-state index in [0.717, 1.165) is 10.9 Å². The molecule has 0 spiro atoms. The molecule has 0 saturated carbocycles. The summed E-state index contributed by atoms with van der Waals surface area (Å²) in [6, 6.07) is 19.3. The Morgan fingerprint density at radius 2 is 1.77 bits per heavy atom. The van der Waals surface area contributed by atoms with Crippen LogP contribution in [-0.2, 0) is 27.2 Å². The number of carbonyl (C=O) groups excluding carboxylic acids is 2. The number of nitrogens with one attached hydrogen (secondary N) is 1. The zero-order valence-electron chi connectivity index (χ0n) is 21.6. The Kier molecular flexibility index (Phi) is 8.98. The monoisotopic (exact) mass is 541 g/mol. The molecule has 0 radical (unpaired) electrons. The van der Waals surface area contributed by atoms with E-state index in [1.165, 1.54) is 0 Å². The molecule has 1 aromatic heterocycles. The molecule has 204 valence electrons. The van der Waals surface area contributed by atoms with Crippen molar-refractivity contribution in [3.8, 4) is 5.75 Å². The predicted octanol–water partition coefficient (Wildman–Crippen LogP) is 3.75. The van der Waals surface area contributed by atoms with Crippen LogP contribution < -0.4 is 15.8 Å². The first kappa shape index (κ1) is 27.7. The summed E-state index contributed by atoms with van der Waals surface area (Å²) in [7, 11) is 0. The van der Waals surface area contributed by atoms with Crippen LogP contribution in [0.15, 0.2) is 84.0 Å². The van der Waals surface area contributed by atoms with Gasteiger partial charge in [0.25, 0.3) is 5.91 Å². The maximum Gasteiger partial charge on any atom is 0.511 e. The second kappa shape index (κ2) is 13.0. The molecule has 40 heavy (non-hydrogen) atoms. The number of aromatic nitrogens is 2. The number of anilines is 1. The molecule has 0 saturated heterocycles. The molecule has 4 aromatic rings. The number of carbonyl (C=O) groups is 3. The molecule has 0 aliphatic rings. The third-order valence-electron chi connectivity index (χ3n) is 5.76.